The SMILES string of the molecule is CC[C@H](C)[C@H](NC(=O)[C@H](CCCCN)NC(=O)[C@H](CCCCN)NC(=O)[C@H](Cc1ccccc1)NC(=O)[C@H](CC(C)C)NC(=O)[C@H](CCCCN)NC(=O)[C@H](Cc1c[nH]c2ccccc12)NC(=O)[C@@H](N)CCCCN)C(=O)N1CCC[C@H]1C(=O)N[C@@H](CCCCN)C(=O)N[C@@H](Cc1ccccc1)C(=O)N[C@@H](CC(C)C)C(=O)N[C@@H](Cc1cnc[nH]1)C(=O)N[C@@H](CC(C)C)C(N)=O. The third-order valence-corrected chi connectivity index (χ3v) is 23.5. The Morgan fingerprint density at radius 2 is 0.763 bits per heavy atom. The number of aromatic nitrogens is 3. The lowest BCUT2D eigenvalue weighted by molar-refractivity contribution is -0.143. The molecule has 14 amide bonds. The Morgan fingerprint density at radius 1 is 0.405 bits per heavy atom. The van der Waals surface area contributed by atoms with Gasteiger partial charge in [0.2, 0.25) is 82.7 Å². The minimum Gasteiger partial charge on any atom is -0.368 e. The molecule has 0 radical (unpaired) electrons. The lowest BCUT2D eigenvalue weighted by Gasteiger charge is -2.33. The maximum Gasteiger partial charge on any atom is 0.246 e. The first kappa shape index (κ1) is 109. The van der Waals surface area contributed by atoms with E-state index >= 15 is 24.0 Å². The van der Waals surface area contributed by atoms with Crippen molar-refractivity contribution in [1.29, 1.82) is 0 Å². The van der Waals surface area contributed by atoms with E-state index in [1.54, 1.807) is 73.8 Å². The van der Waals surface area contributed by atoms with E-state index in [4.69, 9.17) is 40.1 Å². The molecule has 2 aromatic heterocycles. The lowest BCUT2D eigenvalue weighted by Crippen LogP contribution is -2.61. The molecule has 0 aliphatic carbocycles. The molecule has 724 valence electrons. The summed E-state index contributed by atoms with van der Waals surface area (Å²) in [5.41, 5.74) is 44.9. The van der Waals surface area contributed by atoms with Gasteiger partial charge in [-0.05, 0) is 201 Å². The van der Waals surface area contributed by atoms with Crippen molar-refractivity contribution in [3.05, 3.63) is 126 Å². The number of nitrogens with one attached hydrogen (secondary N) is 14. The predicted octanol–water partition coefficient (Wildman–Crippen LogP) is 1.61. The van der Waals surface area contributed by atoms with Gasteiger partial charge in [0.25, 0.3) is 0 Å². The van der Waals surface area contributed by atoms with Crippen LogP contribution < -0.4 is 104 Å². The van der Waals surface area contributed by atoms with Crippen molar-refractivity contribution in [2.45, 2.75) is 300 Å². The Balaban J connectivity index is 1.22. The van der Waals surface area contributed by atoms with E-state index in [1.807, 2.05) is 72.7 Å². The summed E-state index contributed by atoms with van der Waals surface area (Å²) in [6, 6.07) is 7.60. The summed E-state index contributed by atoms with van der Waals surface area (Å²) in [5.74, 6) is -11.1. The number of H-pyrrole nitrogens is 2. The third-order valence-electron chi connectivity index (χ3n) is 23.5. The summed E-state index contributed by atoms with van der Waals surface area (Å²) in [5, 5.41) is 35.0. The van der Waals surface area contributed by atoms with Crippen LogP contribution in [-0.4, -0.2) is 226 Å². The molecule has 3 heterocycles. The second kappa shape index (κ2) is 57.8. The van der Waals surface area contributed by atoms with Gasteiger partial charge in [-0.15, -0.1) is 0 Å². The van der Waals surface area contributed by atoms with Crippen LogP contribution in [0.5, 0.6) is 0 Å². The van der Waals surface area contributed by atoms with Crippen LogP contribution in [0.2, 0.25) is 0 Å². The van der Waals surface area contributed by atoms with Gasteiger partial charge >= 0.3 is 0 Å². The first-order valence-electron chi connectivity index (χ1n) is 46.8. The summed E-state index contributed by atoms with van der Waals surface area (Å²) < 4.78 is 0. The number of rotatable bonds is 62. The van der Waals surface area contributed by atoms with Gasteiger partial charge in [-0.25, -0.2) is 4.98 Å². The molecule has 1 aliphatic heterocycles. The zero-order valence-corrected chi connectivity index (χ0v) is 77.8. The zero-order valence-electron chi connectivity index (χ0n) is 77.8. The van der Waals surface area contributed by atoms with Crippen LogP contribution in [0.15, 0.2) is 104 Å². The fraction of sp³-hybridized carbons (Fsp3) is 0.606. The number of para-hydroxylation sites is 1. The zero-order chi connectivity index (χ0) is 96.1. The van der Waals surface area contributed by atoms with Crippen molar-refractivity contribution in [2.24, 2.45) is 63.8 Å². The van der Waals surface area contributed by atoms with Crippen molar-refractivity contribution in [3.8, 4) is 0 Å². The van der Waals surface area contributed by atoms with Crippen molar-refractivity contribution >= 4 is 93.6 Å². The van der Waals surface area contributed by atoms with Crippen LogP contribution in [0.1, 0.15) is 213 Å². The van der Waals surface area contributed by atoms with Gasteiger partial charge in [-0.1, -0.05) is 147 Å². The number of unbranched alkanes of at least 4 members (excludes halogenated alkanes) is 5. The number of imidazole rings is 1. The fourth-order valence-electron chi connectivity index (χ4n) is 15.9. The van der Waals surface area contributed by atoms with E-state index in [-0.39, 0.29) is 128 Å². The van der Waals surface area contributed by atoms with Gasteiger partial charge in [-0.3, -0.25) is 67.1 Å². The molecule has 28 N–H and O–H groups in total. The summed E-state index contributed by atoms with van der Waals surface area (Å²) in [4.78, 5) is 217. The predicted molar refractivity (Wildman–Crippen MR) is 502 cm³/mol. The van der Waals surface area contributed by atoms with Gasteiger partial charge in [0, 0.05) is 61.2 Å². The average molecular weight is 1830 g/mol. The van der Waals surface area contributed by atoms with Gasteiger partial charge in [0.05, 0.1) is 12.4 Å². The van der Waals surface area contributed by atoms with Crippen molar-refractivity contribution < 1.29 is 67.1 Å². The highest BCUT2D eigenvalue weighted by atomic mass is 16.2. The van der Waals surface area contributed by atoms with Gasteiger partial charge in [0.15, 0.2) is 0 Å². The molecule has 37 heteroatoms. The quantitative estimate of drug-likeness (QED) is 0.0246. The Hall–Kier alpha value is -11.2. The molecule has 0 bridgehead atoms. The number of hydrogen-bond donors (Lipinski definition) is 21. The summed E-state index contributed by atoms with van der Waals surface area (Å²) in [6.45, 7) is 16.1. The summed E-state index contributed by atoms with van der Waals surface area (Å²) in [7, 11) is 0. The maximum atomic E-state index is 15.4. The highest BCUT2D eigenvalue weighted by Gasteiger charge is 2.43. The molecule has 15 atom stereocenters. The van der Waals surface area contributed by atoms with Crippen LogP contribution in [0.4, 0.5) is 0 Å². The minimum absolute atomic E-state index is 0.0145. The van der Waals surface area contributed by atoms with E-state index in [0.29, 0.717) is 112 Å². The maximum absolute atomic E-state index is 15.4. The van der Waals surface area contributed by atoms with Crippen molar-refractivity contribution in [1.82, 2.24) is 83.7 Å². The summed E-state index contributed by atoms with van der Waals surface area (Å²) in [6.07, 6.45) is 10.5. The topological polar surface area (TPSA) is 613 Å². The molecule has 0 unspecified atom stereocenters. The standard InChI is InChI=1S/C94H149N23O14/c1-9-60(8)80(94(131)117-46-28-40-79(117)93(130)108-70(38-21-26-44-98)85(122)113-76(51-62-31-14-11-15-32-62)90(127)112-74(49-59(6)7)88(125)115-78(53-64-55-102-56-104-64)92(129)109-72(81(101)118)47-57(2)3)116-86(123)71(39-22-27-45-99)105-83(120)68(36-19-24-42-96)106-89(126)75(50-61-29-12-10-13-30-61)114-87(124)73(48-58(4)5)111-84(121)69(37-20-25-43-97)107-91(128)77(110-82(119)66(100)34-18-23-41-95)52-63-54-103-67-35-17-16-33-65(63)67/h10-17,29-33,35,54-60,66,68-80,103H,9,18-28,34,36-53,95-100H2,1-8H3,(H2,101,118)(H,102,104)(H,105,120)(H,106,126)(H,107,128)(H,108,130)(H,109,129)(H,110,119)(H,111,121)(H,112,127)(H,113,122)(H,114,124)(H,115,125)(H,116,123)/t60-,66-,68-,69-,70-,71-,72-,73-,74-,75-,76-,77-,78-,79-,80-/m0/s1. The van der Waals surface area contributed by atoms with Crippen molar-refractivity contribution in [2.75, 3.05) is 39.3 Å². The molecule has 1 aliphatic rings. The molecule has 3 aromatic carbocycles. The van der Waals surface area contributed by atoms with Crippen LogP contribution in [0.3, 0.4) is 0 Å². The molecule has 37 nitrogen and oxygen atoms in total. The Kier molecular flexibility index (Phi) is 47.9. The number of nitrogens with zero attached hydrogens (tertiary/aromatic N) is 2. The average Bonchev–Trinajstić information content (AvgIpc) is 1.73. The van der Waals surface area contributed by atoms with Gasteiger partial charge < -0.3 is 119 Å². The van der Waals surface area contributed by atoms with Crippen LogP contribution >= 0.6 is 0 Å². The van der Waals surface area contributed by atoms with Crippen LogP contribution in [-0.2, 0) is 92.8 Å². The number of primary amides is 1. The molecule has 131 heavy (non-hydrogen) atoms. The van der Waals surface area contributed by atoms with Crippen molar-refractivity contribution in [3.63, 3.8) is 0 Å². The second-order valence-electron chi connectivity index (χ2n) is 35.8. The number of carbonyl (C=O) groups is 14. The number of hydrogen-bond acceptors (Lipinski definition) is 21. The molecular weight excluding hydrogens is 1680 g/mol. The van der Waals surface area contributed by atoms with E-state index in [0.717, 1.165) is 10.9 Å². The van der Waals surface area contributed by atoms with E-state index in [1.165, 1.54) is 17.4 Å². The molecule has 6 rings (SSSR count). The molecule has 1 fully saturated rings. The van der Waals surface area contributed by atoms with E-state index in [9.17, 15) is 43.2 Å². The van der Waals surface area contributed by atoms with Gasteiger partial charge in [-0.2, -0.15) is 0 Å². The Bertz CT molecular complexity index is 4400. The van der Waals surface area contributed by atoms with Crippen LogP contribution in [0.25, 0.3) is 10.9 Å². The molecule has 5 aromatic rings. The number of amides is 14. The monoisotopic (exact) mass is 1820 g/mol. The Morgan fingerprint density at radius 3 is 1.18 bits per heavy atom. The number of likely N-dealkylation sites (tertiary alicyclic amines) is 1. The molecule has 1 saturated heterocycles. The highest BCUT2D eigenvalue weighted by Crippen LogP contribution is 2.25. The number of carbonyl (C=O) groups excluding carboxylic acids is 14. The first-order chi connectivity index (χ1) is 62.7. The van der Waals surface area contributed by atoms with E-state index in [2.05, 4.69) is 78.8 Å². The minimum atomic E-state index is -1.39. The smallest absolute Gasteiger partial charge is 0.246 e. The number of aromatic amines is 2. The van der Waals surface area contributed by atoms with Crippen LogP contribution in [0, 0.1) is 23.7 Å². The highest BCUT2D eigenvalue weighted by molar-refractivity contribution is 6.01. The largest absolute Gasteiger partial charge is 0.368 e. The molecule has 0 saturated carbocycles. The second-order valence-corrected chi connectivity index (χ2v) is 35.8. The Labute approximate surface area is 770 Å². The van der Waals surface area contributed by atoms with E-state index < -0.39 is 173 Å². The molecular formula is C94H149N23O14. The lowest BCUT2D eigenvalue weighted by atomic mass is 9.96. The number of nitrogens with two attached hydrogens (primary N) is 7. The normalized spacial score (nSPS) is 15.9. The fourth-order valence-corrected chi connectivity index (χ4v) is 15.9. The first-order valence-corrected chi connectivity index (χ1v) is 46.8. The van der Waals surface area contributed by atoms with Gasteiger partial charge in [0.1, 0.15) is 78.5 Å². The number of benzene rings is 3. The molecule has 0 spiro atoms. The number of fused-ring (bicyclic) bond motifs is 1. The summed E-state index contributed by atoms with van der Waals surface area (Å²) >= 11 is 0. The third kappa shape index (κ3) is 37.1.